The highest BCUT2D eigenvalue weighted by Gasteiger charge is 2.18. The summed E-state index contributed by atoms with van der Waals surface area (Å²) >= 11 is 5.58. The Hall–Kier alpha value is -2.28. The van der Waals surface area contributed by atoms with Crippen molar-refractivity contribution in [1.82, 2.24) is 0 Å². The minimum atomic E-state index is -0.804. The molecule has 1 heterocycles. The maximum absolute atomic E-state index is 12.9. The van der Waals surface area contributed by atoms with Crippen LogP contribution in [0.5, 0.6) is 0 Å². The summed E-state index contributed by atoms with van der Waals surface area (Å²) in [6.07, 6.45) is 1.13. The normalized spacial score (nSPS) is 13.5. The molecule has 21 heavy (non-hydrogen) atoms. The largest absolute Gasteiger partial charge is 0.493 e. The zero-order chi connectivity index (χ0) is 15.2. The summed E-state index contributed by atoms with van der Waals surface area (Å²) in [6, 6.07) is 3.70. The predicted molar refractivity (Wildman–Crippen MR) is 71.0 cm³/mol. The summed E-state index contributed by atoms with van der Waals surface area (Å²) in [5.74, 6) is -2.09. The molecule has 1 aliphatic heterocycles. The second-order valence-electron chi connectivity index (χ2n) is 3.95. The van der Waals surface area contributed by atoms with Crippen molar-refractivity contribution in [2.24, 2.45) is 0 Å². The lowest BCUT2D eigenvalue weighted by Gasteiger charge is -2.14. The number of ether oxygens (including phenoxy) is 3. The number of carbonyl (C=O) groups excluding carboxylic acids is 2. The first kappa shape index (κ1) is 15.1. The molecule has 8 heteroatoms. The van der Waals surface area contributed by atoms with E-state index in [4.69, 9.17) is 25.8 Å². The van der Waals surface area contributed by atoms with Gasteiger partial charge < -0.3 is 19.5 Å². The lowest BCUT2D eigenvalue weighted by Crippen LogP contribution is -2.23. The van der Waals surface area contributed by atoms with Crippen molar-refractivity contribution in [2.75, 3.05) is 25.1 Å². The minimum absolute atomic E-state index is 0.0983. The van der Waals surface area contributed by atoms with Crippen LogP contribution in [0.1, 0.15) is 0 Å². The van der Waals surface area contributed by atoms with Crippen molar-refractivity contribution in [3.63, 3.8) is 0 Å². The number of esters is 1. The van der Waals surface area contributed by atoms with Crippen LogP contribution in [0.25, 0.3) is 0 Å². The van der Waals surface area contributed by atoms with E-state index in [0.29, 0.717) is 12.3 Å². The molecule has 1 N–H and O–H groups in total. The molecule has 0 fully saturated rings. The van der Waals surface area contributed by atoms with Gasteiger partial charge in [-0.05, 0) is 18.2 Å². The lowest BCUT2D eigenvalue weighted by molar-refractivity contribution is -0.148. The minimum Gasteiger partial charge on any atom is -0.493 e. The van der Waals surface area contributed by atoms with Gasteiger partial charge in [0.1, 0.15) is 25.3 Å². The van der Waals surface area contributed by atoms with E-state index < -0.39 is 24.3 Å². The fourth-order valence-electron chi connectivity index (χ4n) is 1.45. The molecule has 6 nitrogen and oxygen atoms in total. The summed E-state index contributed by atoms with van der Waals surface area (Å²) in [7, 11) is 0. The van der Waals surface area contributed by atoms with Crippen LogP contribution in [0.4, 0.5) is 10.1 Å². The highest BCUT2D eigenvalue weighted by Crippen LogP contribution is 2.19. The Morgan fingerprint density at radius 2 is 2.19 bits per heavy atom. The van der Waals surface area contributed by atoms with Gasteiger partial charge in [-0.15, -0.1) is 0 Å². The van der Waals surface area contributed by atoms with E-state index in [1.54, 1.807) is 0 Å². The van der Waals surface area contributed by atoms with E-state index in [9.17, 15) is 14.0 Å². The first-order valence-corrected chi connectivity index (χ1v) is 6.30. The van der Waals surface area contributed by atoms with Gasteiger partial charge >= 0.3 is 5.97 Å². The van der Waals surface area contributed by atoms with Crippen LogP contribution in [0, 0.1) is 5.82 Å². The molecule has 1 aromatic carbocycles. The fourth-order valence-corrected chi connectivity index (χ4v) is 1.63. The summed E-state index contributed by atoms with van der Waals surface area (Å²) < 4.78 is 27.6. The molecule has 112 valence electrons. The van der Waals surface area contributed by atoms with Gasteiger partial charge in [0, 0.05) is 5.69 Å². The van der Waals surface area contributed by atoms with Crippen LogP contribution in [0.15, 0.2) is 30.2 Å². The van der Waals surface area contributed by atoms with Crippen LogP contribution in [-0.4, -0.2) is 31.7 Å². The fraction of sp³-hybridized carbons (Fsp3) is 0.231. The van der Waals surface area contributed by atoms with Crippen LogP contribution in [0.3, 0.4) is 0 Å². The molecule has 2 rings (SSSR count). The standard InChI is InChI=1S/C13H11ClFNO5/c14-9-5-8(1-2-10(9)15)16-12(17)7-21-13(18)11-6-19-3-4-20-11/h1-2,5-6H,3-4,7H2,(H,16,17). The summed E-state index contributed by atoms with van der Waals surface area (Å²) in [5.41, 5.74) is 0.291. The van der Waals surface area contributed by atoms with Gasteiger partial charge in [0.15, 0.2) is 6.61 Å². The number of nitrogens with one attached hydrogen (secondary N) is 1. The number of halogens is 2. The number of benzene rings is 1. The van der Waals surface area contributed by atoms with Gasteiger partial charge in [-0.1, -0.05) is 11.6 Å². The van der Waals surface area contributed by atoms with Gasteiger partial charge in [-0.2, -0.15) is 0 Å². The predicted octanol–water partition coefficient (Wildman–Crippen LogP) is 1.85. The smallest absolute Gasteiger partial charge is 0.377 e. The van der Waals surface area contributed by atoms with Crippen molar-refractivity contribution < 1.29 is 28.2 Å². The van der Waals surface area contributed by atoms with Crippen LogP contribution >= 0.6 is 11.6 Å². The number of rotatable bonds is 4. The molecule has 0 unspecified atom stereocenters. The van der Waals surface area contributed by atoms with Gasteiger partial charge in [0.25, 0.3) is 5.91 Å². The average Bonchev–Trinajstić information content (AvgIpc) is 2.49. The summed E-state index contributed by atoms with van der Waals surface area (Å²) in [5, 5.41) is 2.29. The van der Waals surface area contributed by atoms with Gasteiger partial charge in [-0.3, -0.25) is 4.79 Å². The van der Waals surface area contributed by atoms with Crippen molar-refractivity contribution in [3.8, 4) is 0 Å². The molecule has 0 aromatic heterocycles. The van der Waals surface area contributed by atoms with E-state index in [0.717, 1.165) is 12.3 Å². The molecule has 0 bridgehead atoms. The topological polar surface area (TPSA) is 73.9 Å². The zero-order valence-electron chi connectivity index (χ0n) is 10.7. The number of hydrogen-bond donors (Lipinski definition) is 1. The number of carbonyl (C=O) groups is 2. The Morgan fingerprint density at radius 3 is 2.86 bits per heavy atom. The van der Waals surface area contributed by atoms with Gasteiger partial charge in [-0.25, -0.2) is 9.18 Å². The molecule has 0 saturated carbocycles. The molecule has 1 amide bonds. The third kappa shape index (κ3) is 4.35. The van der Waals surface area contributed by atoms with E-state index in [1.165, 1.54) is 12.1 Å². The quantitative estimate of drug-likeness (QED) is 0.858. The maximum atomic E-state index is 12.9. The monoisotopic (exact) mass is 315 g/mol. The average molecular weight is 316 g/mol. The lowest BCUT2D eigenvalue weighted by atomic mass is 10.3. The summed E-state index contributed by atoms with van der Waals surface area (Å²) in [6.45, 7) is 0.0678. The van der Waals surface area contributed by atoms with Gasteiger partial charge in [0.05, 0.1) is 5.02 Å². The Balaban J connectivity index is 1.83. The number of anilines is 1. The van der Waals surface area contributed by atoms with Crippen molar-refractivity contribution in [3.05, 3.63) is 41.1 Å². The molecule has 1 aromatic rings. The molecular weight excluding hydrogens is 305 g/mol. The Labute approximate surface area is 124 Å². The maximum Gasteiger partial charge on any atom is 0.377 e. The van der Waals surface area contributed by atoms with Crippen molar-refractivity contribution >= 4 is 29.2 Å². The van der Waals surface area contributed by atoms with Crippen LogP contribution < -0.4 is 5.32 Å². The number of amides is 1. The Morgan fingerprint density at radius 1 is 1.38 bits per heavy atom. The van der Waals surface area contributed by atoms with Crippen molar-refractivity contribution in [1.29, 1.82) is 0 Å². The van der Waals surface area contributed by atoms with E-state index in [1.807, 2.05) is 0 Å². The molecule has 0 radical (unpaired) electrons. The second-order valence-corrected chi connectivity index (χ2v) is 4.36. The molecular formula is C13H11ClFNO5. The van der Waals surface area contributed by atoms with E-state index >= 15 is 0 Å². The van der Waals surface area contributed by atoms with Crippen LogP contribution in [-0.2, 0) is 23.8 Å². The first-order valence-electron chi connectivity index (χ1n) is 5.93. The van der Waals surface area contributed by atoms with E-state index in [2.05, 4.69) is 5.32 Å². The third-order valence-electron chi connectivity index (χ3n) is 2.39. The van der Waals surface area contributed by atoms with Gasteiger partial charge in [0.2, 0.25) is 5.76 Å². The molecule has 0 saturated heterocycles. The Kier molecular flexibility index (Phi) is 4.99. The molecule has 0 spiro atoms. The van der Waals surface area contributed by atoms with Crippen molar-refractivity contribution in [2.45, 2.75) is 0 Å². The second kappa shape index (κ2) is 6.94. The molecule has 1 aliphatic rings. The zero-order valence-corrected chi connectivity index (χ0v) is 11.5. The van der Waals surface area contributed by atoms with Crippen LogP contribution in [0.2, 0.25) is 5.02 Å². The molecule has 0 atom stereocenters. The summed E-state index contributed by atoms with van der Waals surface area (Å²) in [4.78, 5) is 23.1. The highest BCUT2D eigenvalue weighted by atomic mass is 35.5. The third-order valence-corrected chi connectivity index (χ3v) is 2.68. The molecule has 0 aliphatic carbocycles. The SMILES string of the molecule is O=C(COC(=O)C1=COCCO1)Nc1ccc(F)c(Cl)c1. The van der Waals surface area contributed by atoms with E-state index in [-0.39, 0.29) is 17.4 Å². The number of hydrogen-bond acceptors (Lipinski definition) is 5. The Bertz CT molecular complexity index is 590. The highest BCUT2D eigenvalue weighted by molar-refractivity contribution is 6.31. The first-order chi connectivity index (χ1) is 10.1.